The number of fused-ring (bicyclic) bond motifs is 3. The first-order valence-corrected chi connectivity index (χ1v) is 8.24. The number of hydrogen-bond acceptors (Lipinski definition) is 8. The molecule has 0 saturated carbocycles. The first-order chi connectivity index (χ1) is 13.8. The van der Waals surface area contributed by atoms with Gasteiger partial charge in [-0.25, -0.2) is 4.79 Å². The summed E-state index contributed by atoms with van der Waals surface area (Å²) in [6.07, 6.45) is 0. The lowest BCUT2D eigenvalue weighted by molar-refractivity contribution is -0.384. The van der Waals surface area contributed by atoms with Crippen molar-refractivity contribution in [1.82, 2.24) is 0 Å². The SMILES string of the molecule is CCOC(=O)c1cc([N+](=O)[O-])cc2c1-c1ccc(C(=O)[O-])cc1C2=C(C#N)C#N. The number of nitrogens with zero attached hydrogens (tertiary/aromatic N) is 3. The van der Waals surface area contributed by atoms with E-state index in [9.17, 15) is 35.3 Å². The largest absolute Gasteiger partial charge is 0.545 e. The van der Waals surface area contributed by atoms with Gasteiger partial charge >= 0.3 is 5.97 Å². The Bertz CT molecular complexity index is 1200. The van der Waals surface area contributed by atoms with Crippen molar-refractivity contribution < 1.29 is 24.4 Å². The summed E-state index contributed by atoms with van der Waals surface area (Å²) in [5.74, 6) is -2.30. The van der Waals surface area contributed by atoms with E-state index in [-0.39, 0.29) is 45.6 Å². The minimum absolute atomic E-state index is 0.0114. The van der Waals surface area contributed by atoms with E-state index in [0.29, 0.717) is 5.56 Å². The van der Waals surface area contributed by atoms with E-state index in [1.54, 1.807) is 19.1 Å². The van der Waals surface area contributed by atoms with Crippen molar-refractivity contribution in [3.8, 4) is 23.3 Å². The number of aromatic carboxylic acids is 1. The maximum atomic E-state index is 12.5. The summed E-state index contributed by atoms with van der Waals surface area (Å²) >= 11 is 0. The van der Waals surface area contributed by atoms with E-state index in [2.05, 4.69) is 0 Å². The Hall–Kier alpha value is -4.50. The summed E-state index contributed by atoms with van der Waals surface area (Å²) < 4.78 is 5.00. The second-order valence-electron chi connectivity index (χ2n) is 5.91. The Morgan fingerprint density at radius 2 is 1.79 bits per heavy atom. The summed E-state index contributed by atoms with van der Waals surface area (Å²) in [5, 5.41) is 41.4. The highest BCUT2D eigenvalue weighted by molar-refractivity contribution is 6.12. The van der Waals surface area contributed by atoms with Gasteiger partial charge in [0.05, 0.1) is 23.1 Å². The highest BCUT2D eigenvalue weighted by Gasteiger charge is 2.33. The maximum Gasteiger partial charge on any atom is 0.339 e. The van der Waals surface area contributed by atoms with Gasteiger partial charge in [-0.05, 0) is 35.2 Å². The van der Waals surface area contributed by atoms with Gasteiger partial charge in [0.2, 0.25) is 0 Å². The number of allylic oxidation sites excluding steroid dienone is 1. The quantitative estimate of drug-likeness (QED) is 0.284. The Morgan fingerprint density at radius 3 is 2.34 bits per heavy atom. The van der Waals surface area contributed by atoms with Gasteiger partial charge < -0.3 is 14.6 Å². The van der Waals surface area contributed by atoms with Crippen LogP contribution in [0.3, 0.4) is 0 Å². The molecule has 1 aliphatic carbocycles. The van der Waals surface area contributed by atoms with Crippen molar-refractivity contribution in [2.45, 2.75) is 6.92 Å². The van der Waals surface area contributed by atoms with Crippen molar-refractivity contribution in [3.05, 3.63) is 68.3 Å². The van der Waals surface area contributed by atoms with Gasteiger partial charge in [-0.15, -0.1) is 0 Å². The van der Waals surface area contributed by atoms with Gasteiger partial charge in [0.1, 0.15) is 17.7 Å². The molecule has 0 heterocycles. The molecule has 3 rings (SSSR count). The summed E-state index contributed by atoms with van der Waals surface area (Å²) in [7, 11) is 0. The lowest BCUT2D eigenvalue weighted by atomic mass is 9.96. The van der Waals surface area contributed by atoms with Crippen LogP contribution in [0.1, 0.15) is 38.8 Å². The van der Waals surface area contributed by atoms with Crippen molar-refractivity contribution >= 4 is 23.2 Å². The molecule has 29 heavy (non-hydrogen) atoms. The molecule has 2 aromatic carbocycles. The number of nitro groups is 1. The van der Waals surface area contributed by atoms with Crippen molar-refractivity contribution in [2.75, 3.05) is 6.61 Å². The van der Waals surface area contributed by atoms with Crippen molar-refractivity contribution in [3.63, 3.8) is 0 Å². The van der Waals surface area contributed by atoms with E-state index in [1.807, 2.05) is 0 Å². The molecular formula is C20H10N3O6-. The summed E-state index contributed by atoms with van der Waals surface area (Å²) in [6.45, 7) is 1.60. The smallest absolute Gasteiger partial charge is 0.339 e. The van der Waals surface area contributed by atoms with E-state index in [1.165, 1.54) is 18.2 Å². The first kappa shape index (κ1) is 19.3. The first-order valence-electron chi connectivity index (χ1n) is 8.24. The van der Waals surface area contributed by atoms with Crippen LogP contribution in [0.2, 0.25) is 0 Å². The second-order valence-corrected chi connectivity index (χ2v) is 5.91. The number of carbonyl (C=O) groups is 2. The molecule has 142 valence electrons. The molecule has 1 aliphatic rings. The van der Waals surface area contributed by atoms with E-state index >= 15 is 0 Å². The lowest BCUT2D eigenvalue weighted by Crippen LogP contribution is -2.22. The maximum absolute atomic E-state index is 12.5. The van der Waals surface area contributed by atoms with E-state index in [4.69, 9.17) is 4.74 Å². The van der Waals surface area contributed by atoms with Crippen LogP contribution in [0.4, 0.5) is 5.69 Å². The van der Waals surface area contributed by atoms with Gasteiger partial charge in [-0.3, -0.25) is 10.1 Å². The number of nitro benzene ring substituents is 1. The number of esters is 1. The van der Waals surface area contributed by atoms with Crippen molar-refractivity contribution in [1.29, 1.82) is 10.5 Å². The minimum Gasteiger partial charge on any atom is -0.545 e. The van der Waals surface area contributed by atoms with Gasteiger partial charge in [-0.2, -0.15) is 10.5 Å². The molecule has 0 radical (unpaired) electrons. The number of nitriles is 2. The molecule has 0 atom stereocenters. The lowest BCUT2D eigenvalue weighted by Gasteiger charge is -2.09. The number of benzene rings is 2. The van der Waals surface area contributed by atoms with Crippen LogP contribution >= 0.6 is 0 Å². The Balaban J connectivity index is 2.49. The topological polar surface area (TPSA) is 157 Å². The second kappa shape index (κ2) is 7.25. The molecule has 2 aromatic rings. The highest BCUT2D eigenvalue weighted by atomic mass is 16.6. The normalized spacial score (nSPS) is 10.9. The molecule has 0 fully saturated rings. The molecule has 0 amide bonds. The number of carboxylic acid groups (broad SMARTS) is 1. The summed E-state index contributed by atoms with van der Waals surface area (Å²) in [6, 6.07) is 9.47. The van der Waals surface area contributed by atoms with Crippen LogP contribution in [0.25, 0.3) is 16.7 Å². The average Bonchev–Trinajstić information content (AvgIpc) is 3.02. The highest BCUT2D eigenvalue weighted by Crippen LogP contribution is 2.49. The van der Waals surface area contributed by atoms with Crippen LogP contribution < -0.4 is 5.11 Å². The number of rotatable bonds is 4. The van der Waals surface area contributed by atoms with Crippen LogP contribution in [0, 0.1) is 32.8 Å². The molecule has 0 bridgehead atoms. The fraction of sp³-hybridized carbons (Fsp3) is 0.100. The Kier molecular flexibility index (Phi) is 4.82. The van der Waals surface area contributed by atoms with E-state index in [0.717, 1.165) is 12.1 Å². The number of carboxylic acids is 1. The zero-order chi connectivity index (χ0) is 21.3. The molecular weight excluding hydrogens is 378 g/mol. The average molecular weight is 388 g/mol. The van der Waals surface area contributed by atoms with Crippen LogP contribution in [-0.4, -0.2) is 23.5 Å². The molecule has 9 nitrogen and oxygen atoms in total. The fourth-order valence-corrected chi connectivity index (χ4v) is 3.24. The molecule has 0 aromatic heterocycles. The number of non-ortho nitro benzene ring substituents is 1. The minimum atomic E-state index is -1.48. The molecule has 0 unspecified atom stereocenters. The number of ether oxygens (including phenoxy) is 1. The molecule has 0 aliphatic heterocycles. The third kappa shape index (κ3) is 3.07. The standard InChI is InChI=1S/C20H11N3O6/c1-2-29-20(26)16-7-12(23(27)28)6-15-17(11(8-21)9-22)14-5-10(19(24)25)3-4-13(14)18(15)16/h3-7H,2H2,1H3,(H,24,25)/p-1. The zero-order valence-electron chi connectivity index (χ0n) is 14.9. The summed E-state index contributed by atoms with van der Waals surface area (Å²) in [4.78, 5) is 34.4. The Morgan fingerprint density at radius 1 is 1.10 bits per heavy atom. The van der Waals surface area contributed by atoms with Gasteiger partial charge in [0, 0.05) is 23.3 Å². The third-order valence-electron chi connectivity index (χ3n) is 4.37. The molecule has 0 N–H and O–H groups in total. The number of carbonyl (C=O) groups excluding carboxylic acids is 2. The molecule has 0 saturated heterocycles. The predicted molar refractivity (Wildman–Crippen MR) is 96.1 cm³/mol. The van der Waals surface area contributed by atoms with Crippen molar-refractivity contribution in [2.24, 2.45) is 0 Å². The zero-order valence-corrected chi connectivity index (χ0v) is 14.9. The predicted octanol–water partition coefficient (Wildman–Crippen LogP) is 1.96. The third-order valence-corrected chi connectivity index (χ3v) is 4.37. The number of hydrogen-bond donors (Lipinski definition) is 0. The molecule has 9 heteroatoms. The monoisotopic (exact) mass is 388 g/mol. The summed E-state index contributed by atoms with van der Waals surface area (Å²) in [5.41, 5.74) is -0.273. The van der Waals surface area contributed by atoms with Gasteiger partial charge in [-0.1, -0.05) is 12.1 Å². The molecule has 0 spiro atoms. The van der Waals surface area contributed by atoms with Crippen LogP contribution in [-0.2, 0) is 4.74 Å². The van der Waals surface area contributed by atoms with Gasteiger partial charge in [0.15, 0.2) is 0 Å². The van der Waals surface area contributed by atoms with E-state index < -0.39 is 22.5 Å². The fourth-order valence-electron chi connectivity index (χ4n) is 3.24. The van der Waals surface area contributed by atoms with Crippen LogP contribution in [0.15, 0.2) is 35.9 Å². The van der Waals surface area contributed by atoms with Gasteiger partial charge in [0.25, 0.3) is 5.69 Å². The van der Waals surface area contributed by atoms with Crippen LogP contribution in [0.5, 0.6) is 0 Å². The Labute approximate surface area is 163 Å².